The van der Waals surface area contributed by atoms with Crippen molar-refractivity contribution in [2.45, 2.75) is 13.5 Å². The highest BCUT2D eigenvalue weighted by Gasteiger charge is 2.11. The summed E-state index contributed by atoms with van der Waals surface area (Å²) in [7, 11) is 0. The summed E-state index contributed by atoms with van der Waals surface area (Å²) in [6.07, 6.45) is 8.16. The van der Waals surface area contributed by atoms with Gasteiger partial charge in [0.1, 0.15) is 23.0 Å². The zero-order chi connectivity index (χ0) is 27.5. The number of hydrogen-bond acceptors (Lipinski definition) is 8. The minimum Gasteiger partial charge on any atom is -0.463 e. The van der Waals surface area contributed by atoms with Crippen molar-refractivity contribution >= 4 is 56.7 Å². The molecule has 0 unspecified atom stereocenters. The van der Waals surface area contributed by atoms with Crippen LogP contribution < -0.4 is 5.32 Å². The second-order valence-electron chi connectivity index (χ2n) is 8.94. The number of nitrogens with zero attached hydrogens (tertiary/aromatic N) is 5. The number of anilines is 2. The Bertz CT molecular complexity index is 1880. The van der Waals surface area contributed by atoms with Gasteiger partial charge in [0.15, 0.2) is 0 Å². The van der Waals surface area contributed by atoms with E-state index in [-0.39, 0.29) is 11.8 Å². The molecule has 0 fully saturated rings. The first kappa shape index (κ1) is 25.3. The van der Waals surface area contributed by atoms with Gasteiger partial charge in [0, 0.05) is 39.2 Å². The van der Waals surface area contributed by atoms with Gasteiger partial charge in [-0.25, -0.2) is 24.1 Å². The highest BCUT2D eigenvalue weighted by atomic mass is 32.1. The Balaban J connectivity index is 1.25. The highest BCUT2D eigenvalue weighted by molar-refractivity contribution is 7.15. The summed E-state index contributed by atoms with van der Waals surface area (Å²) in [5.41, 5.74) is 4.35. The molecule has 0 spiro atoms. The predicted molar refractivity (Wildman–Crippen MR) is 155 cm³/mol. The van der Waals surface area contributed by atoms with Crippen molar-refractivity contribution in [2.75, 3.05) is 11.9 Å². The van der Waals surface area contributed by atoms with Crippen LogP contribution in [0.2, 0.25) is 0 Å². The number of rotatable bonds is 8. The molecule has 6 aromatic rings. The SMILES string of the molecule is CCOC(=O)/C=C/c1cnc(-c2ccc3ncnc(Nc4ccc5c(cnn5Cc5cccc(F)c5)c4)c3c2)s1. The summed E-state index contributed by atoms with van der Waals surface area (Å²) < 4.78 is 20.4. The number of carbonyl (C=O) groups is 1. The monoisotopic (exact) mass is 550 g/mol. The molecule has 198 valence electrons. The summed E-state index contributed by atoms with van der Waals surface area (Å²) in [6.45, 7) is 2.58. The predicted octanol–water partition coefficient (Wildman–Crippen LogP) is 6.61. The lowest BCUT2D eigenvalue weighted by Gasteiger charge is -2.10. The molecule has 0 bridgehead atoms. The number of fused-ring (bicyclic) bond motifs is 2. The van der Waals surface area contributed by atoms with E-state index in [0.29, 0.717) is 19.0 Å². The minimum atomic E-state index is -0.381. The molecule has 6 rings (SSSR count). The average molecular weight is 551 g/mol. The molecule has 3 heterocycles. The van der Waals surface area contributed by atoms with Crippen LogP contribution in [0, 0.1) is 5.82 Å². The Morgan fingerprint density at radius 3 is 2.88 bits per heavy atom. The van der Waals surface area contributed by atoms with E-state index in [2.05, 4.69) is 25.4 Å². The van der Waals surface area contributed by atoms with Crippen LogP contribution in [0.3, 0.4) is 0 Å². The van der Waals surface area contributed by atoms with E-state index in [1.807, 2.05) is 47.1 Å². The third-order valence-electron chi connectivity index (χ3n) is 6.20. The molecule has 3 aromatic carbocycles. The van der Waals surface area contributed by atoms with E-state index >= 15 is 0 Å². The van der Waals surface area contributed by atoms with Crippen molar-refractivity contribution in [3.8, 4) is 10.6 Å². The summed E-state index contributed by atoms with van der Waals surface area (Å²) >= 11 is 1.47. The highest BCUT2D eigenvalue weighted by Crippen LogP contribution is 2.32. The fourth-order valence-corrected chi connectivity index (χ4v) is 5.18. The molecule has 1 N–H and O–H groups in total. The standard InChI is InChI=1S/C30H23FN6O2S/c1-2-39-28(38)11-8-24-16-32-30(40-24)20-6-9-26-25(14-20)29(34-18-33-26)36-23-7-10-27-21(13-23)15-35-37(27)17-19-4-3-5-22(31)12-19/h3-16,18H,2,17H2,1H3,(H,33,34,36)/b11-8+. The fraction of sp³-hybridized carbons (Fsp3) is 0.100. The molecule has 40 heavy (non-hydrogen) atoms. The molecule has 8 nitrogen and oxygen atoms in total. The van der Waals surface area contributed by atoms with E-state index in [9.17, 15) is 9.18 Å². The maximum absolute atomic E-state index is 13.6. The first-order chi connectivity index (χ1) is 19.6. The van der Waals surface area contributed by atoms with E-state index in [1.54, 1.807) is 31.5 Å². The van der Waals surface area contributed by atoms with E-state index in [4.69, 9.17) is 4.74 Å². The number of carbonyl (C=O) groups excluding carboxylic acids is 1. The second kappa shape index (κ2) is 11.0. The van der Waals surface area contributed by atoms with Crippen LogP contribution in [-0.2, 0) is 16.1 Å². The number of aromatic nitrogens is 5. The minimum absolute atomic E-state index is 0.262. The number of halogens is 1. The van der Waals surface area contributed by atoms with Crippen LogP contribution in [0.5, 0.6) is 0 Å². The molecule has 0 saturated carbocycles. The van der Waals surface area contributed by atoms with E-state index in [0.717, 1.165) is 48.5 Å². The van der Waals surface area contributed by atoms with Gasteiger partial charge < -0.3 is 10.1 Å². The molecule has 0 saturated heterocycles. The van der Waals surface area contributed by atoms with E-state index in [1.165, 1.54) is 35.9 Å². The average Bonchev–Trinajstić information content (AvgIpc) is 3.59. The van der Waals surface area contributed by atoms with Gasteiger partial charge in [-0.05, 0) is 67.1 Å². The molecule has 0 aliphatic carbocycles. The topological polar surface area (TPSA) is 94.8 Å². The van der Waals surface area contributed by atoms with Gasteiger partial charge in [-0.2, -0.15) is 5.10 Å². The van der Waals surface area contributed by atoms with Gasteiger partial charge in [0.05, 0.1) is 30.4 Å². The fourth-order valence-electron chi connectivity index (χ4n) is 4.36. The molecule has 10 heteroatoms. The number of thiazole rings is 1. The van der Waals surface area contributed by atoms with Crippen LogP contribution in [0.25, 0.3) is 38.5 Å². The van der Waals surface area contributed by atoms with Crippen molar-refractivity contribution in [2.24, 2.45) is 0 Å². The van der Waals surface area contributed by atoms with Gasteiger partial charge in [0.25, 0.3) is 0 Å². The number of benzene rings is 3. The number of nitrogens with one attached hydrogen (secondary N) is 1. The summed E-state index contributed by atoms with van der Waals surface area (Å²) in [5.74, 6) is 0.0206. The molecule has 0 amide bonds. The van der Waals surface area contributed by atoms with E-state index < -0.39 is 0 Å². The number of ether oxygens (including phenoxy) is 1. The molecule has 3 aromatic heterocycles. The van der Waals surface area contributed by atoms with Crippen LogP contribution >= 0.6 is 11.3 Å². The largest absolute Gasteiger partial charge is 0.463 e. The number of hydrogen-bond donors (Lipinski definition) is 1. The van der Waals surface area contributed by atoms with Crippen molar-refractivity contribution in [1.29, 1.82) is 0 Å². The molecule has 0 atom stereocenters. The Morgan fingerprint density at radius 2 is 2.00 bits per heavy atom. The van der Waals surface area contributed by atoms with Gasteiger partial charge >= 0.3 is 5.97 Å². The van der Waals surface area contributed by atoms with Crippen molar-refractivity contribution < 1.29 is 13.9 Å². The summed E-state index contributed by atoms with van der Waals surface area (Å²) in [4.78, 5) is 25.9. The normalized spacial score (nSPS) is 11.4. The van der Waals surface area contributed by atoms with Gasteiger partial charge in [-0.15, -0.1) is 11.3 Å². The Hall–Kier alpha value is -4.96. The first-order valence-electron chi connectivity index (χ1n) is 12.6. The third kappa shape index (κ3) is 5.43. The quantitative estimate of drug-likeness (QED) is 0.168. The molecular weight excluding hydrogens is 527 g/mol. The lowest BCUT2D eigenvalue weighted by Crippen LogP contribution is -2.01. The Kier molecular flexibility index (Phi) is 6.98. The van der Waals surface area contributed by atoms with Crippen molar-refractivity contribution in [3.63, 3.8) is 0 Å². The van der Waals surface area contributed by atoms with Gasteiger partial charge in [-0.1, -0.05) is 12.1 Å². The van der Waals surface area contributed by atoms with Gasteiger partial charge in [-0.3, -0.25) is 4.68 Å². The molecule has 0 aliphatic heterocycles. The second-order valence-corrected chi connectivity index (χ2v) is 10.0. The third-order valence-corrected chi connectivity index (χ3v) is 7.21. The summed E-state index contributed by atoms with van der Waals surface area (Å²) in [6, 6.07) is 18.4. The smallest absolute Gasteiger partial charge is 0.330 e. The Labute approximate surface area is 232 Å². The molecular formula is C30H23FN6O2S. The zero-order valence-corrected chi connectivity index (χ0v) is 22.2. The zero-order valence-electron chi connectivity index (χ0n) is 21.4. The van der Waals surface area contributed by atoms with Crippen LogP contribution in [0.4, 0.5) is 15.9 Å². The maximum atomic E-state index is 13.6. The Morgan fingerprint density at radius 1 is 1.07 bits per heavy atom. The number of esters is 1. The summed E-state index contributed by atoms with van der Waals surface area (Å²) in [5, 5.41) is 10.5. The molecule has 0 aliphatic rings. The van der Waals surface area contributed by atoms with Crippen LogP contribution in [-0.4, -0.2) is 37.3 Å². The van der Waals surface area contributed by atoms with Crippen LogP contribution in [0.1, 0.15) is 17.4 Å². The first-order valence-corrected chi connectivity index (χ1v) is 13.4. The molecule has 0 radical (unpaired) electrons. The maximum Gasteiger partial charge on any atom is 0.330 e. The lowest BCUT2D eigenvalue weighted by atomic mass is 10.1. The van der Waals surface area contributed by atoms with Gasteiger partial charge in [0.2, 0.25) is 0 Å². The van der Waals surface area contributed by atoms with Crippen LogP contribution in [0.15, 0.2) is 85.5 Å². The lowest BCUT2D eigenvalue weighted by molar-refractivity contribution is -0.137. The van der Waals surface area contributed by atoms with Crippen molar-refractivity contribution in [3.05, 3.63) is 102 Å². The van der Waals surface area contributed by atoms with Crippen molar-refractivity contribution in [1.82, 2.24) is 24.7 Å².